The highest BCUT2D eigenvalue weighted by atomic mass is 19.1. The van der Waals surface area contributed by atoms with Crippen molar-refractivity contribution < 1.29 is 23.8 Å². The molecule has 1 fully saturated rings. The van der Waals surface area contributed by atoms with Crippen molar-refractivity contribution in [3.63, 3.8) is 0 Å². The summed E-state index contributed by atoms with van der Waals surface area (Å²) in [7, 11) is 0. The van der Waals surface area contributed by atoms with E-state index >= 15 is 0 Å². The van der Waals surface area contributed by atoms with Crippen LogP contribution in [-0.4, -0.2) is 43.6 Å². The molecule has 0 spiro atoms. The van der Waals surface area contributed by atoms with Crippen LogP contribution < -0.4 is 15.6 Å². The smallest absolute Gasteiger partial charge is 0.407 e. The van der Waals surface area contributed by atoms with Crippen molar-refractivity contribution in [2.75, 3.05) is 0 Å². The maximum absolute atomic E-state index is 14.2. The molecule has 10 nitrogen and oxygen atoms in total. The minimum atomic E-state index is -1.07. The number of nitrogens with one attached hydrogen (secondary N) is 1. The van der Waals surface area contributed by atoms with Gasteiger partial charge in [0, 0.05) is 31.5 Å². The first-order chi connectivity index (χ1) is 22.8. The Kier molecular flexibility index (Phi) is 9.29. The van der Waals surface area contributed by atoms with Crippen LogP contribution in [-0.2, 0) is 26.1 Å². The van der Waals surface area contributed by atoms with Crippen molar-refractivity contribution in [1.29, 1.82) is 5.26 Å². The fourth-order valence-corrected chi connectivity index (χ4v) is 6.65. The molecular weight excluding hydrogens is 601 g/mol. The number of aromatic nitrogens is 2. The van der Waals surface area contributed by atoms with E-state index in [0.29, 0.717) is 30.8 Å². The highest BCUT2D eigenvalue weighted by molar-refractivity contribution is 5.95. The number of amides is 2. The van der Waals surface area contributed by atoms with Crippen LogP contribution in [0.3, 0.4) is 0 Å². The van der Waals surface area contributed by atoms with E-state index in [0.717, 1.165) is 17.5 Å². The Balaban J connectivity index is 1.37. The zero-order chi connectivity index (χ0) is 32.9. The number of rotatable bonds is 10. The molecule has 47 heavy (non-hydrogen) atoms. The van der Waals surface area contributed by atoms with E-state index in [-0.39, 0.29) is 36.9 Å². The molecule has 1 aliphatic carbocycles. The summed E-state index contributed by atoms with van der Waals surface area (Å²) in [6, 6.07) is 24.7. The van der Waals surface area contributed by atoms with Crippen molar-refractivity contribution in [2.45, 2.75) is 63.4 Å². The third-order valence-corrected chi connectivity index (χ3v) is 8.95. The third kappa shape index (κ3) is 7.02. The number of carbonyl (C=O) groups is 2. The monoisotopic (exact) mass is 635 g/mol. The molecule has 1 aromatic heterocycles. The first-order valence-corrected chi connectivity index (χ1v) is 15.6. The van der Waals surface area contributed by atoms with Crippen molar-refractivity contribution >= 4 is 12.0 Å². The Bertz CT molecular complexity index is 1840. The summed E-state index contributed by atoms with van der Waals surface area (Å²) in [6.07, 6.45) is 0.948. The summed E-state index contributed by atoms with van der Waals surface area (Å²) in [5.74, 6) is -1.50. The average Bonchev–Trinajstić information content (AvgIpc) is 3.36. The molecule has 2 N–H and O–H groups in total. The summed E-state index contributed by atoms with van der Waals surface area (Å²) >= 11 is 0. The summed E-state index contributed by atoms with van der Waals surface area (Å²) in [5, 5.41) is 22.9. The lowest BCUT2D eigenvalue weighted by Gasteiger charge is -2.38. The molecule has 4 unspecified atom stereocenters. The van der Waals surface area contributed by atoms with Crippen LogP contribution in [0.2, 0.25) is 0 Å². The number of ether oxygens (including phenoxy) is 1. The molecule has 1 saturated carbocycles. The number of benzene rings is 3. The number of hydrogen-bond donors (Lipinski definition) is 2. The Hall–Kier alpha value is -5.50. The van der Waals surface area contributed by atoms with Gasteiger partial charge in [0.2, 0.25) is 5.75 Å². The number of fused-ring (bicyclic) bond motifs is 2. The van der Waals surface area contributed by atoms with E-state index in [1.807, 2.05) is 60.7 Å². The highest BCUT2D eigenvalue weighted by Gasteiger charge is 2.44. The van der Waals surface area contributed by atoms with Crippen LogP contribution in [0.4, 0.5) is 9.18 Å². The fourth-order valence-electron chi connectivity index (χ4n) is 6.65. The third-order valence-electron chi connectivity index (χ3n) is 8.95. The Morgan fingerprint density at radius 1 is 1.02 bits per heavy atom. The van der Waals surface area contributed by atoms with E-state index in [4.69, 9.17) is 9.72 Å². The number of hydrogen-bond acceptors (Lipinski definition) is 6. The topological polar surface area (TPSA) is 138 Å². The minimum absolute atomic E-state index is 0.00793. The van der Waals surface area contributed by atoms with Gasteiger partial charge in [0.1, 0.15) is 24.3 Å². The quantitative estimate of drug-likeness (QED) is 0.242. The molecular formula is C36H34FN5O5. The molecule has 3 aliphatic rings. The molecule has 11 heteroatoms. The predicted molar refractivity (Wildman–Crippen MR) is 170 cm³/mol. The zero-order valence-corrected chi connectivity index (χ0v) is 25.6. The van der Waals surface area contributed by atoms with Crippen LogP contribution in [0.15, 0.2) is 89.7 Å². The Morgan fingerprint density at radius 2 is 1.70 bits per heavy atom. The number of nitriles is 1. The lowest BCUT2D eigenvalue weighted by Crippen LogP contribution is -2.45. The van der Waals surface area contributed by atoms with Gasteiger partial charge in [-0.2, -0.15) is 5.26 Å². The van der Waals surface area contributed by atoms with Gasteiger partial charge in [-0.3, -0.25) is 14.2 Å². The standard InChI is InChI=1S/C36H34FN5O5/c37-27-14-11-23(12-15-27)17-28(19-38)39-34(43)31-32(47-22-25-9-5-2-6-10-25)35(44)42-21-26-13-16-29(33(42)40-31)30(18-26)41(36(45)46)20-24-7-3-1-4-8-24/h1-12,14-15,26,28-30H,13,16-18,20-22H2,(H,39,43)(H,45,46). The van der Waals surface area contributed by atoms with Gasteiger partial charge < -0.3 is 20.1 Å². The lowest BCUT2D eigenvalue weighted by atomic mass is 9.78. The highest BCUT2D eigenvalue weighted by Crippen LogP contribution is 2.43. The van der Waals surface area contributed by atoms with Crippen LogP contribution in [0, 0.1) is 23.1 Å². The lowest BCUT2D eigenvalue weighted by molar-refractivity contribution is 0.0869. The average molecular weight is 636 g/mol. The van der Waals surface area contributed by atoms with Crippen LogP contribution in [0.25, 0.3) is 0 Å². The van der Waals surface area contributed by atoms with Gasteiger partial charge in [-0.25, -0.2) is 14.2 Å². The summed E-state index contributed by atoms with van der Waals surface area (Å²) in [5.41, 5.74) is 1.48. The number of carboxylic acid groups (broad SMARTS) is 1. The van der Waals surface area contributed by atoms with Crippen LogP contribution in [0.5, 0.6) is 5.75 Å². The minimum Gasteiger partial charge on any atom is -0.481 e. The maximum atomic E-state index is 14.2. The van der Waals surface area contributed by atoms with Gasteiger partial charge >= 0.3 is 6.09 Å². The van der Waals surface area contributed by atoms with E-state index in [9.17, 15) is 29.1 Å². The van der Waals surface area contributed by atoms with Gasteiger partial charge in [-0.1, -0.05) is 72.8 Å². The van der Waals surface area contributed by atoms with Crippen molar-refractivity contribution in [3.05, 3.63) is 129 Å². The maximum Gasteiger partial charge on any atom is 0.407 e. The van der Waals surface area contributed by atoms with E-state index in [1.54, 1.807) is 4.57 Å². The summed E-state index contributed by atoms with van der Waals surface area (Å²) < 4.78 is 21.0. The molecule has 7 rings (SSSR count). The van der Waals surface area contributed by atoms with Crippen molar-refractivity contribution in [2.24, 2.45) is 5.92 Å². The number of halogens is 1. The van der Waals surface area contributed by atoms with E-state index in [2.05, 4.69) is 11.4 Å². The van der Waals surface area contributed by atoms with Crippen molar-refractivity contribution in [1.82, 2.24) is 19.8 Å². The largest absolute Gasteiger partial charge is 0.481 e. The molecule has 2 aliphatic heterocycles. The second-order valence-corrected chi connectivity index (χ2v) is 12.1. The molecule has 3 aromatic carbocycles. The predicted octanol–water partition coefficient (Wildman–Crippen LogP) is 5.27. The molecule has 2 amide bonds. The second kappa shape index (κ2) is 13.9. The first kappa shape index (κ1) is 31.5. The molecule has 240 valence electrons. The van der Waals surface area contributed by atoms with Crippen LogP contribution >= 0.6 is 0 Å². The van der Waals surface area contributed by atoms with Gasteiger partial charge in [0.25, 0.3) is 11.5 Å². The molecule has 4 atom stereocenters. The fraction of sp³-hybridized carbons (Fsp3) is 0.306. The van der Waals surface area contributed by atoms with Gasteiger partial charge in [-0.15, -0.1) is 0 Å². The zero-order valence-electron chi connectivity index (χ0n) is 25.6. The Labute approximate surface area is 271 Å². The molecule has 0 saturated heterocycles. The molecule has 3 heterocycles. The summed E-state index contributed by atoms with van der Waals surface area (Å²) in [4.78, 5) is 46.9. The SMILES string of the molecule is N#CC(Cc1ccc(F)cc1)NC(=O)c1nc2n(c(=O)c1OCc1ccccc1)CC1CCC2C(N(Cc2ccccc2)C(=O)O)C1. The normalized spacial score (nSPS) is 18.7. The van der Waals surface area contributed by atoms with Crippen molar-refractivity contribution in [3.8, 4) is 11.8 Å². The molecule has 4 aromatic rings. The number of nitrogens with zero attached hydrogens (tertiary/aromatic N) is 4. The first-order valence-electron chi connectivity index (χ1n) is 15.6. The van der Waals surface area contributed by atoms with Gasteiger partial charge in [0.15, 0.2) is 5.69 Å². The van der Waals surface area contributed by atoms with Gasteiger partial charge in [0.05, 0.1) is 6.07 Å². The Morgan fingerprint density at radius 3 is 2.36 bits per heavy atom. The molecule has 0 radical (unpaired) electrons. The van der Waals surface area contributed by atoms with E-state index < -0.39 is 41.4 Å². The van der Waals surface area contributed by atoms with Gasteiger partial charge in [-0.05, 0) is 54.0 Å². The van der Waals surface area contributed by atoms with Crippen LogP contribution in [0.1, 0.15) is 58.2 Å². The molecule has 2 bridgehead atoms. The van der Waals surface area contributed by atoms with E-state index in [1.165, 1.54) is 29.2 Å². The summed E-state index contributed by atoms with van der Waals surface area (Å²) in [6.45, 7) is 0.503. The number of carbonyl (C=O) groups excluding carboxylic acids is 1. The second-order valence-electron chi connectivity index (χ2n) is 12.1.